The number of hydrogen-bond acceptors (Lipinski definition) is 6. The lowest BCUT2D eigenvalue weighted by molar-refractivity contribution is 0.131. The van der Waals surface area contributed by atoms with E-state index < -0.39 is 0 Å². The van der Waals surface area contributed by atoms with Crippen LogP contribution in [0.25, 0.3) is 21.1 Å². The first-order valence-electron chi connectivity index (χ1n) is 7.22. The first kappa shape index (κ1) is 14.7. The molecule has 0 aliphatic carbocycles. The van der Waals surface area contributed by atoms with Gasteiger partial charge in [-0.05, 0) is 18.4 Å². The third kappa shape index (κ3) is 3.01. The number of anilines is 1. The molecule has 114 valence electrons. The molecule has 3 aromatic rings. The summed E-state index contributed by atoms with van der Waals surface area (Å²) in [5.41, 5.74) is 7.64. The van der Waals surface area contributed by atoms with E-state index in [1.54, 1.807) is 17.6 Å². The van der Waals surface area contributed by atoms with Crippen LogP contribution in [0.15, 0.2) is 29.4 Å². The van der Waals surface area contributed by atoms with Gasteiger partial charge in [-0.1, -0.05) is 37.2 Å². The number of thiazole rings is 1. The molecule has 5 nitrogen and oxygen atoms in total. The van der Waals surface area contributed by atoms with Crippen molar-refractivity contribution in [2.45, 2.75) is 26.9 Å². The van der Waals surface area contributed by atoms with Crippen LogP contribution in [0.3, 0.4) is 0 Å². The molecule has 0 aliphatic heterocycles. The Labute approximate surface area is 132 Å². The van der Waals surface area contributed by atoms with Gasteiger partial charge in [-0.2, -0.15) is 0 Å². The molecule has 3 rings (SSSR count). The van der Waals surface area contributed by atoms with E-state index in [9.17, 15) is 0 Å². The first-order valence-corrected chi connectivity index (χ1v) is 8.04. The average molecular weight is 314 g/mol. The van der Waals surface area contributed by atoms with Gasteiger partial charge in [0.1, 0.15) is 10.5 Å². The highest BCUT2D eigenvalue weighted by Gasteiger charge is 2.12. The van der Waals surface area contributed by atoms with E-state index in [0.29, 0.717) is 18.3 Å². The lowest BCUT2D eigenvalue weighted by atomic mass is 10.2. The normalized spacial score (nSPS) is 12.0. The van der Waals surface area contributed by atoms with E-state index >= 15 is 0 Å². The summed E-state index contributed by atoms with van der Waals surface area (Å²) in [6.45, 7) is 4.63. The smallest absolute Gasteiger partial charge is 0.168 e. The Morgan fingerprint density at radius 1 is 1.32 bits per heavy atom. The second-order valence-electron chi connectivity index (χ2n) is 5.49. The summed E-state index contributed by atoms with van der Waals surface area (Å²) in [5, 5.41) is 5.87. The van der Waals surface area contributed by atoms with Crippen molar-refractivity contribution in [3.8, 4) is 0 Å². The predicted molar refractivity (Wildman–Crippen MR) is 92.1 cm³/mol. The number of aromatic nitrogens is 2. The Morgan fingerprint density at radius 2 is 2.14 bits per heavy atom. The van der Waals surface area contributed by atoms with Crippen molar-refractivity contribution in [2.75, 3.05) is 5.73 Å². The molecule has 0 bridgehead atoms. The van der Waals surface area contributed by atoms with Gasteiger partial charge in [-0.3, -0.25) is 0 Å². The zero-order valence-electron chi connectivity index (χ0n) is 12.6. The summed E-state index contributed by atoms with van der Waals surface area (Å²) in [6, 6.07) is 7.94. The number of nitrogens with two attached hydrogens (primary N) is 1. The largest absolute Gasteiger partial charge is 0.389 e. The molecule has 0 amide bonds. The highest BCUT2D eigenvalue weighted by Crippen LogP contribution is 2.32. The highest BCUT2D eigenvalue weighted by atomic mass is 32.1. The Kier molecular flexibility index (Phi) is 4.20. The molecular formula is C16H18N4OS. The van der Waals surface area contributed by atoms with Crippen LogP contribution in [-0.4, -0.2) is 16.2 Å². The van der Waals surface area contributed by atoms with E-state index in [-0.39, 0.29) is 0 Å². The Morgan fingerprint density at radius 3 is 2.95 bits per heavy atom. The number of benzene rings is 1. The minimum Gasteiger partial charge on any atom is -0.389 e. The van der Waals surface area contributed by atoms with Gasteiger partial charge in [0.05, 0.1) is 10.2 Å². The lowest BCUT2D eigenvalue weighted by Gasteiger charge is -1.99. The topological polar surface area (TPSA) is 73.4 Å². The van der Waals surface area contributed by atoms with Gasteiger partial charge in [0.15, 0.2) is 12.4 Å². The summed E-state index contributed by atoms with van der Waals surface area (Å²) in [7, 11) is 0. The van der Waals surface area contributed by atoms with Gasteiger partial charge in [0, 0.05) is 11.6 Å². The van der Waals surface area contributed by atoms with E-state index in [1.807, 2.05) is 24.3 Å². The van der Waals surface area contributed by atoms with Crippen LogP contribution in [0.4, 0.5) is 5.82 Å². The molecule has 0 fully saturated rings. The van der Waals surface area contributed by atoms with E-state index in [0.717, 1.165) is 32.5 Å². The van der Waals surface area contributed by atoms with Crippen molar-refractivity contribution in [2.24, 2.45) is 11.1 Å². The number of oxime groups is 1. The van der Waals surface area contributed by atoms with Crippen LogP contribution in [0.5, 0.6) is 0 Å². The molecule has 6 heteroatoms. The fourth-order valence-corrected chi connectivity index (χ4v) is 3.14. The van der Waals surface area contributed by atoms with Crippen molar-refractivity contribution in [1.82, 2.24) is 9.97 Å². The van der Waals surface area contributed by atoms with Crippen LogP contribution < -0.4 is 5.73 Å². The SMILES string of the molecule is CC(C)C/C=N/OCc1nc2c(N)nc3ccccc3c2s1. The highest BCUT2D eigenvalue weighted by molar-refractivity contribution is 7.19. The number of nitrogens with zero attached hydrogens (tertiary/aromatic N) is 3. The van der Waals surface area contributed by atoms with Crippen LogP contribution in [0.2, 0.25) is 0 Å². The second kappa shape index (κ2) is 6.27. The summed E-state index contributed by atoms with van der Waals surface area (Å²) in [4.78, 5) is 14.2. The Balaban J connectivity index is 1.85. The number of rotatable bonds is 5. The minimum absolute atomic E-state index is 0.349. The molecule has 0 unspecified atom stereocenters. The summed E-state index contributed by atoms with van der Waals surface area (Å²) in [5.74, 6) is 1.03. The molecule has 0 saturated heterocycles. The molecule has 22 heavy (non-hydrogen) atoms. The molecule has 2 aromatic heterocycles. The monoisotopic (exact) mass is 314 g/mol. The molecule has 0 aliphatic rings. The average Bonchev–Trinajstić information content (AvgIpc) is 2.92. The van der Waals surface area contributed by atoms with Crippen molar-refractivity contribution in [1.29, 1.82) is 0 Å². The summed E-state index contributed by atoms with van der Waals surface area (Å²) in [6.07, 6.45) is 2.70. The fraction of sp³-hybridized carbons (Fsp3) is 0.312. The molecular weight excluding hydrogens is 296 g/mol. The Bertz CT molecular complexity index is 825. The standard InChI is InChI=1S/C16H18N4OS/c1-10(2)7-8-18-21-9-13-20-14-15(22-13)11-5-3-4-6-12(11)19-16(14)17/h3-6,8,10H,7,9H2,1-2H3,(H2,17,19)/b18-8+. The maximum atomic E-state index is 6.01. The number of pyridine rings is 1. The minimum atomic E-state index is 0.349. The molecule has 0 saturated carbocycles. The zero-order valence-corrected chi connectivity index (χ0v) is 13.4. The van der Waals surface area contributed by atoms with Gasteiger partial charge in [0.25, 0.3) is 0 Å². The van der Waals surface area contributed by atoms with Crippen molar-refractivity contribution < 1.29 is 4.84 Å². The second-order valence-corrected chi connectivity index (χ2v) is 6.57. The van der Waals surface area contributed by atoms with E-state index in [2.05, 4.69) is 29.0 Å². The fourth-order valence-electron chi connectivity index (χ4n) is 2.13. The number of nitrogen functional groups attached to an aromatic ring is 1. The van der Waals surface area contributed by atoms with Gasteiger partial charge in [-0.25, -0.2) is 9.97 Å². The molecule has 2 N–H and O–H groups in total. The van der Waals surface area contributed by atoms with Crippen LogP contribution in [0.1, 0.15) is 25.3 Å². The van der Waals surface area contributed by atoms with Gasteiger partial charge in [0.2, 0.25) is 0 Å². The van der Waals surface area contributed by atoms with Gasteiger partial charge < -0.3 is 10.6 Å². The molecule has 0 spiro atoms. The van der Waals surface area contributed by atoms with Crippen LogP contribution >= 0.6 is 11.3 Å². The van der Waals surface area contributed by atoms with Crippen LogP contribution in [-0.2, 0) is 11.4 Å². The van der Waals surface area contributed by atoms with Crippen molar-refractivity contribution in [3.05, 3.63) is 29.3 Å². The third-order valence-electron chi connectivity index (χ3n) is 3.22. The van der Waals surface area contributed by atoms with Crippen molar-refractivity contribution in [3.63, 3.8) is 0 Å². The third-order valence-corrected chi connectivity index (χ3v) is 4.28. The van der Waals surface area contributed by atoms with Gasteiger partial charge >= 0.3 is 0 Å². The first-order chi connectivity index (χ1) is 10.6. The van der Waals surface area contributed by atoms with Crippen LogP contribution in [0, 0.1) is 5.92 Å². The van der Waals surface area contributed by atoms with Gasteiger partial charge in [-0.15, -0.1) is 11.3 Å². The number of fused-ring (bicyclic) bond motifs is 3. The van der Waals surface area contributed by atoms with E-state index in [4.69, 9.17) is 10.6 Å². The van der Waals surface area contributed by atoms with Crippen molar-refractivity contribution >= 4 is 44.5 Å². The predicted octanol–water partition coefficient (Wildman–Crippen LogP) is 3.98. The summed E-state index contributed by atoms with van der Waals surface area (Å²) >= 11 is 1.58. The summed E-state index contributed by atoms with van der Waals surface area (Å²) < 4.78 is 1.05. The molecule has 1 aromatic carbocycles. The number of hydrogen-bond donors (Lipinski definition) is 1. The van der Waals surface area contributed by atoms with E-state index in [1.165, 1.54) is 0 Å². The molecule has 2 heterocycles. The number of para-hydroxylation sites is 1. The quantitative estimate of drug-likeness (QED) is 0.571. The zero-order chi connectivity index (χ0) is 15.5. The maximum Gasteiger partial charge on any atom is 0.168 e. The maximum absolute atomic E-state index is 6.01. The Hall–Kier alpha value is -2.21. The molecule has 0 atom stereocenters. The lowest BCUT2D eigenvalue weighted by Crippen LogP contribution is -1.93. The molecule has 0 radical (unpaired) electrons.